The first-order chi connectivity index (χ1) is 34.4. The fraction of sp³-hybridized carbons (Fsp3) is 0.408. The van der Waals surface area contributed by atoms with E-state index in [1.807, 2.05) is 21.8 Å². The zero-order valence-electron chi connectivity index (χ0n) is 40.3. The molecule has 2 amide bonds. The van der Waals surface area contributed by atoms with E-state index >= 15 is 0 Å². The molecule has 0 bridgehead atoms. The first kappa shape index (κ1) is 53.7. The number of benzene rings is 3. The lowest BCUT2D eigenvalue weighted by atomic mass is 9.72. The predicted molar refractivity (Wildman–Crippen MR) is 277 cm³/mol. The highest BCUT2D eigenvalue weighted by Gasteiger charge is 2.48. The Morgan fingerprint density at radius 2 is 1.67 bits per heavy atom. The molecule has 0 radical (unpaired) electrons. The number of halogens is 4. The lowest BCUT2D eigenvalue weighted by Gasteiger charge is -2.39. The van der Waals surface area contributed by atoms with Crippen molar-refractivity contribution in [2.75, 3.05) is 74.1 Å². The van der Waals surface area contributed by atoms with Crippen LogP contribution in [0.4, 0.5) is 29.3 Å². The minimum atomic E-state index is -6.15. The number of aromatic amines is 1. The van der Waals surface area contributed by atoms with Gasteiger partial charge in [0.2, 0.25) is 0 Å². The number of carboxylic acid groups (broad SMARTS) is 1. The van der Waals surface area contributed by atoms with E-state index in [4.69, 9.17) is 21.4 Å². The number of nitrogens with zero attached hydrogens (tertiary/aromatic N) is 5. The quantitative estimate of drug-likeness (QED) is 0.0539. The maximum Gasteiger partial charge on any atom is 0.501 e. The summed E-state index contributed by atoms with van der Waals surface area (Å²) in [6.07, 6.45) is 4.96. The molecule has 2 fully saturated rings. The molecule has 0 spiro atoms. The molecule has 24 heteroatoms. The summed E-state index contributed by atoms with van der Waals surface area (Å²) >= 11 is 6.23. The number of carbonyl (C=O) groups excluding carboxylic acids is 1. The van der Waals surface area contributed by atoms with E-state index in [2.05, 4.69) is 55.4 Å². The number of anilines is 2. The standard InChI is InChI=1S/C49H58ClF3N8O9S3/c1-32(14-17-59-22-24-71(65,25-23-59)58-47(63)64)56-42-11-9-39(28-44(42)72(66,67)49(51,52)53)73(68,69)57-46(62)40-10-8-37(27-43(40)70-38-26-34-13-16-54-45(34)55-30-38)61-20-18-60(19-21-61)31-35-12-15-48(2,3)29-41(35)33-4-6-36(50)7-5-33/h4-11,13,16,26-28,30,32,56,71H,12,14-15,17-25,29,31H2,1-3H3,(H,54,55)(H,57,62)(H,58,65)(H,63,64)/t32-/m0/s1. The summed E-state index contributed by atoms with van der Waals surface area (Å²) in [4.78, 5) is 36.6. The molecule has 0 saturated carbocycles. The van der Waals surface area contributed by atoms with Crippen LogP contribution in [0.2, 0.25) is 5.02 Å². The lowest BCUT2D eigenvalue weighted by molar-refractivity contribution is -0.0436. The first-order valence-electron chi connectivity index (χ1n) is 23.6. The molecule has 3 aromatic carbocycles. The maximum atomic E-state index is 14.2. The Labute approximate surface area is 428 Å². The molecule has 0 unspecified atom stereocenters. The second-order valence-electron chi connectivity index (χ2n) is 19.5. The number of nitrogens with one attached hydrogen (secondary N) is 3. The largest absolute Gasteiger partial charge is 0.501 e. The molecule has 17 nitrogen and oxygen atoms in total. The van der Waals surface area contributed by atoms with Gasteiger partial charge in [0.15, 0.2) is 0 Å². The average molecular weight is 1090 g/mol. The van der Waals surface area contributed by atoms with Gasteiger partial charge >= 0.3 is 11.6 Å². The third-order valence-corrected chi connectivity index (χ3v) is 19.0. The van der Waals surface area contributed by atoms with E-state index in [1.165, 1.54) is 29.0 Å². The zero-order valence-corrected chi connectivity index (χ0v) is 43.6. The lowest BCUT2D eigenvalue weighted by Crippen LogP contribution is -2.47. The average Bonchev–Trinajstić information content (AvgIpc) is 3.80. The molecule has 2 aliphatic heterocycles. The third kappa shape index (κ3) is 12.9. The highest BCUT2D eigenvalue weighted by Crippen LogP contribution is 2.44. The van der Waals surface area contributed by atoms with Crippen molar-refractivity contribution in [3.63, 3.8) is 0 Å². The van der Waals surface area contributed by atoms with E-state index in [1.54, 1.807) is 37.4 Å². The summed E-state index contributed by atoms with van der Waals surface area (Å²) in [5.41, 5.74) is -1.23. The third-order valence-electron chi connectivity index (χ3n) is 13.5. The Morgan fingerprint density at radius 1 is 0.959 bits per heavy atom. The van der Waals surface area contributed by atoms with E-state index in [0.717, 1.165) is 51.0 Å². The van der Waals surface area contributed by atoms with Crippen LogP contribution < -0.4 is 19.7 Å². The van der Waals surface area contributed by atoms with Crippen LogP contribution in [-0.2, 0) is 30.0 Å². The number of thiol groups is 1. The van der Waals surface area contributed by atoms with Gasteiger partial charge in [-0.1, -0.05) is 53.3 Å². The molecule has 1 atom stereocenters. The minimum absolute atomic E-state index is 0.0436. The molecular weight excluding hydrogens is 1030 g/mol. The number of allylic oxidation sites excluding steroid dienone is 1. The number of amides is 2. The molecule has 2 saturated heterocycles. The van der Waals surface area contributed by atoms with Gasteiger partial charge in [-0.2, -0.15) is 17.5 Å². The van der Waals surface area contributed by atoms with E-state index < -0.39 is 69.0 Å². The number of piperazine rings is 1. The van der Waals surface area contributed by atoms with Gasteiger partial charge in [0.05, 0.1) is 22.3 Å². The van der Waals surface area contributed by atoms with Crippen molar-refractivity contribution in [1.29, 1.82) is 0 Å². The fourth-order valence-electron chi connectivity index (χ4n) is 9.38. The molecule has 4 heterocycles. The Balaban J connectivity index is 1.00. The molecule has 5 aromatic rings. The normalized spacial score (nSPS) is 18.8. The Morgan fingerprint density at radius 3 is 2.36 bits per heavy atom. The fourth-order valence-corrected chi connectivity index (χ4v) is 13.5. The van der Waals surface area contributed by atoms with Crippen LogP contribution in [-0.4, -0.2) is 134 Å². The second kappa shape index (κ2) is 21.4. The van der Waals surface area contributed by atoms with Crippen LogP contribution in [0.1, 0.15) is 62.4 Å². The summed E-state index contributed by atoms with van der Waals surface area (Å²) in [6.45, 7) is 10.7. The van der Waals surface area contributed by atoms with Crippen LogP contribution in [0.15, 0.2) is 105 Å². The molecule has 8 rings (SSSR count). The topological polar surface area (TPSA) is 227 Å². The maximum absolute atomic E-state index is 14.2. The molecule has 2 aromatic heterocycles. The van der Waals surface area contributed by atoms with Crippen LogP contribution in [0.5, 0.6) is 11.5 Å². The number of rotatable bonds is 15. The van der Waals surface area contributed by atoms with Gasteiger partial charge in [-0.05, 0) is 104 Å². The van der Waals surface area contributed by atoms with E-state index in [9.17, 15) is 44.1 Å². The number of hydrogen-bond acceptors (Lipinski definition) is 12. The SMILES string of the molecule is C[C@@H](CCN1CC[SH](O)(=NC(=O)O)CC1)Nc1ccc(S(=O)(=O)NC(=O)c2ccc(N3CCN(CC4=C(c5ccc(Cl)cc5)CC(C)(C)CC4)CC3)cc2Oc2cnc3[nH]ccc3c2)cc1S(=O)(=O)C(F)(F)F. The Kier molecular flexibility index (Phi) is 15.7. The molecule has 3 aliphatic rings. The Bertz CT molecular complexity index is 3200. The number of alkyl halides is 3. The molecule has 394 valence electrons. The summed E-state index contributed by atoms with van der Waals surface area (Å²) in [5, 5.41) is 13.1. The number of hydrogen-bond donors (Lipinski definition) is 6. The van der Waals surface area contributed by atoms with Crippen molar-refractivity contribution in [2.24, 2.45) is 9.78 Å². The van der Waals surface area contributed by atoms with Gasteiger partial charge in [0.1, 0.15) is 22.0 Å². The second-order valence-corrected chi connectivity index (χ2v) is 26.4. The van der Waals surface area contributed by atoms with Crippen molar-refractivity contribution in [3.05, 3.63) is 107 Å². The Hall–Kier alpha value is -5.56. The number of aromatic nitrogens is 2. The monoisotopic (exact) mass is 1090 g/mol. The molecule has 1 aliphatic carbocycles. The van der Waals surface area contributed by atoms with Gasteiger partial charge in [-0.25, -0.2) is 31.3 Å². The van der Waals surface area contributed by atoms with Crippen molar-refractivity contribution in [1.82, 2.24) is 24.5 Å². The molecular formula is C49H58ClF3N8O9S3. The number of pyridine rings is 1. The highest BCUT2D eigenvalue weighted by atomic mass is 35.5. The zero-order chi connectivity index (χ0) is 52.5. The number of sulfone groups is 1. The number of sulfonamides is 1. The first-order valence-corrected chi connectivity index (χ1v) is 29.0. The van der Waals surface area contributed by atoms with E-state index in [-0.39, 0.29) is 40.4 Å². The highest BCUT2D eigenvalue weighted by molar-refractivity contribution is 8.00. The molecule has 73 heavy (non-hydrogen) atoms. The summed E-state index contributed by atoms with van der Waals surface area (Å²) in [6, 6.07) is 17.6. The minimum Gasteiger partial charge on any atom is -0.463 e. The van der Waals surface area contributed by atoms with Crippen molar-refractivity contribution in [2.45, 2.75) is 67.8 Å². The predicted octanol–water partition coefficient (Wildman–Crippen LogP) is 8.93. The van der Waals surface area contributed by atoms with Crippen LogP contribution in [0.3, 0.4) is 0 Å². The van der Waals surface area contributed by atoms with Crippen LogP contribution in [0, 0.1) is 5.41 Å². The van der Waals surface area contributed by atoms with Gasteiger partial charge in [-0.3, -0.25) is 9.69 Å². The van der Waals surface area contributed by atoms with E-state index in [0.29, 0.717) is 60.5 Å². The van der Waals surface area contributed by atoms with Crippen molar-refractivity contribution in [3.8, 4) is 11.5 Å². The van der Waals surface area contributed by atoms with Crippen LogP contribution >= 0.6 is 11.6 Å². The summed E-state index contributed by atoms with van der Waals surface area (Å²) < 4.78 is 118. The smallest absolute Gasteiger partial charge is 0.463 e. The van der Waals surface area contributed by atoms with Crippen molar-refractivity contribution >= 4 is 81.5 Å². The number of H-pyrrole nitrogens is 1. The van der Waals surface area contributed by atoms with Gasteiger partial charge in [-0.15, -0.1) is 0 Å². The molecule has 5 N–H and O–H groups in total. The van der Waals surface area contributed by atoms with Crippen LogP contribution in [0.25, 0.3) is 16.6 Å². The van der Waals surface area contributed by atoms with Gasteiger partial charge in [0.25, 0.3) is 25.8 Å². The van der Waals surface area contributed by atoms with Crippen molar-refractivity contribution < 1.29 is 54.0 Å². The summed E-state index contributed by atoms with van der Waals surface area (Å²) in [7, 11) is -14.2. The summed E-state index contributed by atoms with van der Waals surface area (Å²) in [5.74, 6) is -0.728. The number of fused-ring (bicyclic) bond motifs is 1. The number of ether oxygens (including phenoxy) is 1. The van der Waals surface area contributed by atoms with Gasteiger partial charge < -0.3 is 34.5 Å². The van der Waals surface area contributed by atoms with Gasteiger partial charge in [0, 0.05) is 98.3 Å². The number of carbonyl (C=O) groups is 2.